The van der Waals surface area contributed by atoms with Crippen molar-refractivity contribution in [1.29, 1.82) is 0 Å². The van der Waals surface area contributed by atoms with Gasteiger partial charge in [-0.05, 0) is 19.1 Å². The molecule has 3 unspecified atom stereocenters. The number of carbonyl (C=O) groups is 3. The first kappa shape index (κ1) is 28.8. The van der Waals surface area contributed by atoms with Crippen LogP contribution in [-0.2, 0) is 4.79 Å². The smallest absolute Gasteiger partial charge is 0.391 e. The SMILES string of the molecule is CC(O)C(C)C(O)CC(F)(F)F.O=C(O)C(=O)c1ccccc1.O=C(O)c1ccccc1. The van der Waals surface area contributed by atoms with E-state index >= 15 is 0 Å². The van der Waals surface area contributed by atoms with E-state index in [4.69, 9.17) is 20.4 Å². The highest BCUT2D eigenvalue weighted by atomic mass is 19.4. The summed E-state index contributed by atoms with van der Waals surface area (Å²) in [4.78, 5) is 31.1. The number of Topliss-reactive ketones (excluding diaryl/α,β-unsaturated/α-hetero) is 1. The molecule has 0 aromatic heterocycles. The van der Waals surface area contributed by atoms with Crippen LogP contribution in [0.25, 0.3) is 0 Å². The van der Waals surface area contributed by atoms with Crippen LogP contribution < -0.4 is 0 Å². The van der Waals surface area contributed by atoms with Crippen molar-refractivity contribution in [3.05, 3.63) is 71.8 Å². The molecule has 0 spiro atoms. The number of aromatic carboxylic acids is 1. The third-order valence-corrected chi connectivity index (χ3v) is 4.06. The number of aliphatic carboxylic acids is 1. The normalized spacial score (nSPS) is 13.2. The number of hydrogen-bond acceptors (Lipinski definition) is 5. The summed E-state index contributed by atoms with van der Waals surface area (Å²) in [6, 6.07) is 16.2. The van der Waals surface area contributed by atoms with Crippen LogP contribution in [0.2, 0.25) is 0 Å². The molecule has 32 heavy (non-hydrogen) atoms. The Kier molecular flexibility index (Phi) is 12.5. The Bertz CT molecular complexity index is 838. The number of rotatable bonds is 6. The summed E-state index contributed by atoms with van der Waals surface area (Å²) in [7, 11) is 0. The van der Waals surface area contributed by atoms with Crippen LogP contribution in [0.5, 0.6) is 0 Å². The summed E-state index contributed by atoms with van der Waals surface area (Å²) < 4.78 is 35.1. The Hall–Kier alpha value is -3.24. The average Bonchev–Trinajstić information content (AvgIpc) is 2.73. The van der Waals surface area contributed by atoms with Crippen LogP contribution in [0.4, 0.5) is 13.2 Å². The molecule has 0 saturated heterocycles. The minimum Gasteiger partial charge on any atom is -0.478 e. The quantitative estimate of drug-likeness (QED) is 0.384. The molecule has 3 atom stereocenters. The minimum absolute atomic E-state index is 0.208. The topological polar surface area (TPSA) is 132 Å². The van der Waals surface area contributed by atoms with Crippen molar-refractivity contribution in [2.24, 2.45) is 5.92 Å². The monoisotopic (exact) mass is 458 g/mol. The van der Waals surface area contributed by atoms with E-state index in [2.05, 4.69) is 0 Å². The molecular formula is C22H25F3O7. The van der Waals surface area contributed by atoms with Crippen molar-refractivity contribution in [3.63, 3.8) is 0 Å². The van der Waals surface area contributed by atoms with Gasteiger partial charge in [-0.25, -0.2) is 9.59 Å². The van der Waals surface area contributed by atoms with Crippen molar-refractivity contribution in [2.75, 3.05) is 0 Å². The first-order valence-corrected chi connectivity index (χ1v) is 9.30. The second-order valence-corrected chi connectivity index (χ2v) is 6.66. The Morgan fingerprint density at radius 3 is 1.50 bits per heavy atom. The van der Waals surface area contributed by atoms with Gasteiger partial charge >= 0.3 is 18.1 Å². The van der Waals surface area contributed by atoms with Gasteiger partial charge < -0.3 is 20.4 Å². The molecule has 2 rings (SSSR count). The van der Waals surface area contributed by atoms with Crippen LogP contribution in [0.3, 0.4) is 0 Å². The number of alkyl halides is 3. The Morgan fingerprint density at radius 2 is 1.22 bits per heavy atom. The fraction of sp³-hybridized carbons (Fsp3) is 0.318. The van der Waals surface area contributed by atoms with E-state index in [9.17, 15) is 27.6 Å². The van der Waals surface area contributed by atoms with Crippen molar-refractivity contribution < 1.29 is 48.0 Å². The summed E-state index contributed by atoms with van der Waals surface area (Å²) in [5.41, 5.74) is 0.539. The second kappa shape index (κ2) is 13.9. The molecule has 4 N–H and O–H groups in total. The number of carbonyl (C=O) groups excluding carboxylic acids is 1. The van der Waals surface area contributed by atoms with Crippen LogP contribution in [-0.4, -0.2) is 56.5 Å². The van der Waals surface area contributed by atoms with E-state index in [0.29, 0.717) is 5.56 Å². The van der Waals surface area contributed by atoms with Gasteiger partial charge in [-0.15, -0.1) is 0 Å². The lowest BCUT2D eigenvalue weighted by Crippen LogP contribution is -2.31. The fourth-order valence-corrected chi connectivity index (χ4v) is 2.04. The predicted octanol–water partition coefficient (Wildman–Crippen LogP) is 3.66. The molecule has 2 aromatic rings. The number of carboxylic acids is 2. The molecule has 0 aliphatic heterocycles. The van der Waals surface area contributed by atoms with E-state index < -0.39 is 48.4 Å². The summed E-state index contributed by atoms with van der Waals surface area (Å²) in [6.45, 7) is 2.73. The standard InChI is InChI=1S/C8H6O3.C7H13F3O2.C7H6O2/c9-7(8(10)11)6-4-2-1-3-5-6;1-4(5(2)11)6(12)3-7(8,9)10;8-7(9)6-4-2-1-3-5-6/h1-5H,(H,10,11);4-6,11-12H,3H2,1-2H3;1-5H,(H,8,9). The van der Waals surface area contributed by atoms with Gasteiger partial charge in [0.15, 0.2) is 0 Å². The molecule has 0 heterocycles. The molecule has 7 nitrogen and oxygen atoms in total. The predicted molar refractivity (Wildman–Crippen MR) is 109 cm³/mol. The van der Waals surface area contributed by atoms with Gasteiger partial charge in [0, 0.05) is 11.5 Å². The number of carboxylic acid groups (broad SMARTS) is 2. The molecule has 0 bridgehead atoms. The van der Waals surface area contributed by atoms with Gasteiger partial charge in [-0.3, -0.25) is 4.79 Å². The van der Waals surface area contributed by atoms with E-state index in [1.165, 1.54) is 26.0 Å². The first-order valence-electron chi connectivity index (χ1n) is 9.30. The zero-order valence-corrected chi connectivity index (χ0v) is 17.4. The van der Waals surface area contributed by atoms with Gasteiger partial charge in [-0.2, -0.15) is 13.2 Å². The Labute approximate surface area is 182 Å². The second-order valence-electron chi connectivity index (χ2n) is 6.66. The number of hydrogen-bond donors (Lipinski definition) is 4. The minimum atomic E-state index is -4.37. The fourth-order valence-electron chi connectivity index (χ4n) is 2.04. The Balaban J connectivity index is 0.000000454. The lowest BCUT2D eigenvalue weighted by Gasteiger charge is -2.22. The molecular weight excluding hydrogens is 433 g/mol. The molecule has 0 saturated carbocycles. The highest BCUT2D eigenvalue weighted by Gasteiger charge is 2.34. The molecule has 2 aromatic carbocycles. The number of ketones is 1. The van der Waals surface area contributed by atoms with E-state index in [0.717, 1.165) is 0 Å². The molecule has 0 aliphatic rings. The molecule has 0 fully saturated rings. The third-order valence-electron chi connectivity index (χ3n) is 4.06. The van der Waals surface area contributed by atoms with Crippen LogP contribution in [0.1, 0.15) is 41.0 Å². The molecule has 0 aliphatic carbocycles. The van der Waals surface area contributed by atoms with E-state index in [1.807, 2.05) is 0 Å². The maximum Gasteiger partial charge on any atom is 0.391 e. The Morgan fingerprint density at radius 1 is 0.812 bits per heavy atom. The van der Waals surface area contributed by atoms with E-state index in [-0.39, 0.29) is 5.56 Å². The van der Waals surface area contributed by atoms with Gasteiger partial charge in [0.2, 0.25) is 0 Å². The molecule has 0 amide bonds. The summed E-state index contributed by atoms with van der Waals surface area (Å²) in [5, 5.41) is 34.5. The molecule has 0 radical (unpaired) electrons. The van der Waals surface area contributed by atoms with Gasteiger partial charge in [-0.1, -0.05) is 55.5 Å². The van der Waals surface area contributed by atoms with Crippen molar-refractivity contribution in [2.45, 2.75) is 38.7 Å². The maximum atomic E-state index is 11.7. The van der Waals surface area contributed by atoms with E-state index in [1.54, 1.807) is 48.5 Å². The molecule has 176 valence electrons. The number of halogens is 3. The van der Waals surface area contributed by atoms with Gasteiger partial charge in [0.05, 0.1) is 24.2 Å². The largest absolute Gasteiger partial charge is 0.478 e. The highest BCUT2D eigenvalue weighted by molar-refractivity contribution is 6.39. The summed E-state index contributed by atoms with van der Waals surface area (Å²) in [5.74, 6) is -3.93. The van der Waals surface area contributed by atoms with Crippen LogP contribution >= 0.6 is 0 Å². The lowest BCUT2D eigenvalue weighted by molar-refractivity contribution is -0.162. The van der Waals surface area contributed by atoms with Gasteiger partial charge in [0.1, 0.15) is 0 Å². The highest BCUT2D eigenvalue weighted by Crippen LogP contribution is 2.25. The van der Waals surface area contributed by atoms with Crippen LogP contribution in [0.15, 0.2) is 60.7 Å². The van der Waals surface area contributed by atoms with Crippen LogP contribution in [0, 0.1) is 5.92 Å². The number of aliphatic hydroxyl groups excluding tert-OH is 2. The lowest BCUT2D eigenvalue weighted by atomic mass is 9.97. The zero-order valence-electron chi connectivity index (χ0n) is 17.4. The van der Waals surface area contributed by atoms with Crippen molar-refractivity contribution in [1.82, 2.24) is 0 Å². The zero-order chi connectivity index (χ0) is 24.9. The van der Waals surface area contributed by atoms with Gasteiger partial charge in [0.25, 0.3) is 5.78 Å². The van der Waals surface area contributed by atoms with Crippen molar-refractivity contribution >= 4 is 17.7 Å². The molecule has 10 heteroatoms. The third kappa shape index (κ3) is 12.5. The average molecular weight is 458 g/mol. The summed E-state index contributed by atoms with van der Waals surface area (Å²) >= 11 is 0. The van der Waals surface area contributed by atoms with Crippen molar-refractivity contribution in [3.8, 4) is 0 Å². The first-order chi connectivity index (χ1) is 14.8. The number of benzene rings is 2. The summed E-state index contributed by atoms with van der Waals surface area (Å²) in [6.07, 6.45) is -8.09. The maximum absolute atomic E-state index is 11.7. The number of aliphatic hydroxyl groups is 2.